The molecule has 204 valence electrons. The summed E-state index contributed by atoms with van der Waals surface area (Å²) in [4.78, 5) is 37.6. The van der Waals surface area contributed by atoms with Crippen LogP contribution in [0.3, 0.4) is 0 Å². The molecule has 3 rings (SSSR count). The molecule has 0 fully saturated rings. The maximum Gasteiger partial charge on any atom is 0.262 e. The van der Waals surface area contributed by atoms with Gasteiger partial charge in [-0.15, -0.1) is 0 Å². The number of rotatable bonds is 12. The molecule has 0 heterocycles. The Hall–Kier alpha value is -4.37. The Morgan fingerprint density at radius 2 is 1.67 bits per heavy atom. The van der Waals surface area contributed by atoms with E-state index in [1.807, 2.05) is 39.0 Å². The van der Waals surface area contributed by atoms with Crippen molar-refractivity contribution in [2.45, 2.75) is 26.8 Å². The average molecular weight is 551 g/mol. The maximum absolute atomic E-state index is 12.8. The maximum atomic E-state index is 12.8. The van der Waals surface area contributed by atoms with Gasteiger partial charge in [0.1, 0.15) is 6.04 Å². The number of benzene rings is 3. The largest absolute Gasteiger partial charge is 0.490 e. The molecule has 39 heavy (non-hydrogen) atoms. The molecular weight excluding hydrogens is 520 g/mol. The molecule has 0 bridgehead atoms. The number of hydrogen-bond acceptors (Lipinski definition) is 6. The first-order chi connectivity index (χ1) is 18.8. The zero-order valence-corrected chi connectivity index (χ0v) is 22.7. The lowest BCUT2D eigenvalue weighted by atomic mass is 10.0. The summed E-state index contributed by atoms with van der Waals surface area (Å²) in [5.74, 6) is -0.621. The topological polar surface area (TPSA) is 118 Å². The van der Waals surface area contributed by atoms with E-state index in [1.165, 1.54) is 6.21 Å². The van der Waals surface area contributed by atoms with E-state index in [0.717, 1.165) is 0 Å². The number of hydrazone groups is 1. The second kappa shape index (κ2) is 14.5. The monoisotopic (exact) mass is 550 g/mol. The summed E-state index contributed by atoms with van der Waals surface area (Å²) in [6.07, 6.45) is 1.44. The molecule has 0 radical (unpaired) electrons. The number of amides is 3. The van der Waals surface area contributed by atoms with Crippen LogP contribution in [0.25, 0.3) is 0 Å². The summed E-state index contributed by atoms with van der Waals surface area (Å²) in [5, 5.41) is 9.80. The lowest BCUT2D eigenvalue weighted by molar-refractivity contribution is -0.124. The van der Waals surface area contributed by atoms with E-state index in [-0.39, 0.29) is 24.0 Å². The number of anilines is 1. The highest BCUT2D eigenvalue weighted by atomic mass is 35.5. The first-order valence-electron chi connectivity index (χ1n) is 12.4. The van der Waals surface area contributed by atoms with E-state index >= 15 is 0 Å². The van der Waals surface area contributed by atoms with Crippen molar-refractivity contribution in [3.05, 3.63) is 88.9 Å². The van der Waals surface area contributed by atoms with Crippen LogP contribution < -0.4 is 25.5 Å². The van der Waals surface area contributed by atoms with Gasteiger partial charge in [-0.3, -0.25) is 14.4 Å². The number of halogens is 1. The second-order valence-electron chi connectivity index (χ2n) is 8.75. The van der Waals surface area contributed by atoms with Crippen molar-refractivity contribution in [1.82, 2.24) is 10.7 Å². The lowest BCUT2D eigenvalue weighted by Gasteiger charge is -2.20. The lowest BCUT2D eigenvalue weighted by Crippen LogP contribution is -2.48. The van der Waals surface area contributed by atoms with Crippen molar-refractivity contribution in [2.24, 2.45) is 11.0 Å². The number of hydrogen-bond donors (Lipinski definition) is 3. The van der Waals surface area contributed by atoms with Gasteiger partial charge < -0.3 is 20.1 Å². The predicted octanol–water partition coefficient (Wildman–Crippen LogP) is 4.66. The van der Waals surface area contributed by atoms with Crippen LogP contribution in [0.5, 0.6) is 11.5 Å². The molecule has 0 spiro atoms. The van der Waals surface area contributed by atoms with E-state index in [4.69, 9.17) is 21.1 Å². The summed E-state index contributed by atoms with van der Waals surface area (Å²) < 4.78 is 11.3. The van der Waals surface area contributed by atoms with Crippen LogP contribution in [0.4, 0.5) is 5.69 Å². The number of para-hydroxylation sites is 1. The summed E-state index contributed by atoms with van der Waals surface area (Å²) in [6, 6.07) is 19.9. The standard InChI is InChI=1S/C29H31ClN4O5/c1-4-38-25-16-20(14-15-24(25)39-18-26(35)32-21-10-6-5-7-11-21)17-31-34-29(37)27(19(2)3)33-28(36)22-12-8-9-13-23(22)30/h5-17,19,27H,4,18H2,1-3H3,(H,32,35)(H,33,36)(H,34,37)/b31-17-. The summed E-state index contributed by atoms with van der Waals surface area (Å²) in [7, 11) is 0. The van der Waals surface area contributed by atoms with Crippen LogP contribution >= 0.6 is 11.6 Å². The van der Waals surface area contributed by atoms with Crippen LogP contribution in [0, 0.1) is 5.92 Å². The van der Waals surface area contributed by atoms with Crippen LogP contribution in [-0.4, -0.2) is 43.2 Å². The average Bonchev–Trinajstić information content (AvgIpc) is 2.92. The first-order valence-corrected chi connectivity index (χ1v) is 12.8. The minimum absolute atomic E-state index is 0.199. The molecule has 10 heteroatoms. The van der Waals surface area contributed by atoms with Gasteiger partial charge in [0.2, 0.25) is 0 Å². The minimum atomic E-state index is -0.831. The Morgan fingerprint density at radius 1 is 0.949 bits per heavy atom. The van der Waals surface area contributed by atoms with Gasteiger partial charge in [0, 0.05) is 5.69 Å². The van der Waals surface area contributed by atoms with Crippen LogP contribution in [0.2, 0.25) is 5.02 Å². The normalized spacial score (nSPS) is 11.6. The first kappa shape index (κ1) is 29.2. The third-order valence-corrected chi connectivity index (χ3v) is 5.76. The molecule has 1 atom stereocenters. The Morgan fingerprint density at radius 3 is 2.36 bits per heavy atom. The smallest absolute Gasteiger partial charge is 0.262 e. The van der Waals surface area contributed by atoms with Gasteiger partial charge in [-0.2, -0.15) is 5.10 Å². The molecule has 3 N–H and O–H groups in total. The van der Waals surface area contributed by atoms with Gasteiger partial charge in [-0.25, -0.2) is 5.43 Å². The fourth-order valence-electron chi connectivity index (χ4n) is 3.49. The van der Waals surface area contributed by atoms with Crippen molar-refractivity contribution in [2.75, 3.05) is 18.5 Å². The number of nitrogens with one attached hydrogen (secondary N) is 3. The van der Waals surface area contributed by atoms with E-state index in [2.05, 4.69) is 21.2 Å². The van der Waals surface area contributed by atoms with Crippen molar-refractivity contribution in [3.63, 3.8) is 0 Å². The van der Waals surface area contributed by atoms with Gasteiger partial charge in [0.15, 0.2) is 18.1 Å². The van der Waals surface area contributed by atoms with E-state index in [0.29, 0.717) is 34.4 Å². The van der Waals surface area contributed by atoms with E-state index in [1.54, 1.807) is 54.6 Å². The Kier molecular flexibility index (Phi) is 10.9. The van der Waals surface area contributed by atoms with Gasteiger partial charge in [-0.05, 0) is 60.9 Å². The molecule has 1 unspecified atom stereocenters. The highest BCUT2D eigenvalue weighted by Gasteiger charge is 2.25. The molecule has 0 saturated carbocycles. The Balaban J connectivity index is 1.60. The van der Waals surface area contributed by atoms with Crippen molar-refractivity contribution >= 4 is 41.2 Å². The summed E-state index contributed by atoms with van der Waals surface area (Å²) in [5.41, 5.74) is 4.05. The summed E-state index contributed by atoms with van der Waals surface area (Å²) in [6.45, 7) is 5.64. The molecule has 9 nitrogen and oxygen atoms in total. The van der Waals surface area contributed by atoms with Crippen molar-refractivity contribution < 1.29 is 23.9 Å². The van der Waals surface area contributed by atoms with Crippen molar-refractivity contribution in [1.29, 1.82) is 0 Å². The number of nitrogens with zero attached hydrogens (tertiary/aromatic N) is 1. The van der Waals surface area contributed by atoms with E-state index in [9.17, 15) is 14.4 Å². The highest BCUT2D eigenvalue weighted by Crippen LogP contribution is 2.28. The summed E-state index contributed by atoms with van der Waals surface area (Å²) >= 11 is 6.10. The third-order valence-electron chi connectivity index (χ3n) is 5.43. The zero-order valence-electron chi connectivity index (χ0n) is 21.9. The van der Waals surface area contributed by atoms with Crippen molar-refractivity contribution in [3.8, 4) is 11.5 Å². The van der Waals surface area contributed by atoms with Gasteiger partial charge in [-0.1, -0.05) is 55.8 Å². The van der Waals surface area contributed by atoms with Gasteiger partial charge >= 0.3 is 0 Å². The van der Waals surface area contributed by atoms with E-state index < -0.39 is 17.9 Å². The fraction of sp³-hybridized carbons (Fsp3) is 0.241. The van der Waals surface area contributed by atoms with Crippen LogP contribution in [-0.2, 0) is 9.59 Å². The Labute approximate surface area is 232 Å². The van der Waals surface area contributed by atoms with Crippen LogP contribution in [0.1, 0.15) is 36.7 Å². The molecule has 3 aromatic carbocycles. The number of ether oxygens (including phenoxy) is 2. The molecule has 3 aromatic rings. The minimum Gasteiger partial charge on any atom is -0.490 e. The number of carbonyl (C=O) groups excluding carboxylic acids is 3. The second-order valence-corrected chi connectivity index (χ2v) is 9.16. The Bertz CT molecular complexity index is 1310. The molecule has 0 aromatic heterocycles. The molecule has 0 aliphatic carbocycles. The molecule has 3 amide bonds. The molecule has 0 aliphatic heterocycles. The molecule has 0 aliphatic rings. The molecule has 0 saturated heterocycles. The van der Waals surface area contributed by atoms with Gasteiger partial charge in [0.25, 0.3) is 17.7 Å². The fourth-order valence-corrected chi connectivity index (χ4v) is 3.72. The predicted molar refractivity (Wildman–Crippen MR) is 151 cm³/mol. The molecular formula is C29H31ClN4O5. The SMILES string of the molecule is CCOc1cc(/C=N\NC(=O)C(NC(=O)c2ccccc2Cl)C(C)C)ccc1OCC(=O)Nc1ccccc1. The zero-order chi connectivity index (χ0) is 28.2. The highest BCUT2D eigenvalue weighted by molar-refractivity contribution is 6.33. The third kappa shape index (κ3) is 8.86. The number of carbonyl (C=O) groups is 3. The van der Waals surface area contributed by atoms with Gasteiger partial charge in [0.05, 0.1) is 23.4 Å². The quantitative estimate of drug-likeness (QED) is 0.224. The van der Waals surface area contributed by atoms with Crippen LogP contribution in [0.15, 0.2) is 77.9 Å².